The molecule has 0 bridgehead atoms. The Bertz CT molecular complexity index is 688. The third kappa shape index (κ3) is 3.35. The summed E-state index contributed by atoms with van der Waals surface area (Å²) in [6.07, 6.45) is 1.22. The van der Waals surface area contributed by atoms with E-state index in [2.05, 4.69) is 48.2 Å². The van der Waals surface area contributed by atoms with Crippen molar-refractivity contribution in [1.82, 2.24) is 15.3 Å². The number of H-pyrrole nitrogens is 2. The molecular formula is C16H23N3OS. The number of rotatable bonds is 3. The molecule has 0 radical (unpaired) electrons. The normalized spacial score (nSPS) is 23.3. The minimum Gasteiger partial charge on any atom is -0.307 e. The fraction of sp³-hybridized carbons (Fsp3) is 0.562. The van der Waals surface area contributed by atoms with Gasteiger partial charge in [0.2, 0.25) is 0 Å². The van der Waals surface area contributed by atoms with Crippen molar-refractivity contribution < 1.29 is 0 Å². The molecule has 0 amide bonds. The smallest absolute Gasteiger partial charge is 0.307 e. The van der Waals surface area contributed by atoms with E-state index >= 15 is 0 Å². The Hall–Kier alpha value is -1.20. The van der Waals surface area contributed by atoms with Crippen molar-refractivity contribution in [2.24, 2.45) is 5.41 Å². The highest BCUT2D eigenvalue weighted by molar-refractivity contribution is 7.99. The maximum atomic E-state index is 11.3. The van der Waals surface area contributed by atoms with E-state index in [1.807, 2.05) is 17.8 Å². The van der Waals surface area contributed by atoms with E-state index < -0.39 is 0 Å². The Morgan fingerprint density at radius 1 is 1.33 bits per heavy atom. The fourth-order valence-electron chi connectivity index (χ4n) is 3.14. The highest BCUT2D eigenvalue weighted by Gasteiger charge is 2.29. The lowest BCUT2D eigenvalue weighted by Gasteiger charge is -2.36. The second-order valence-corrected chi connectivity index (χ2v) is 7.88. The molecule has 0 saturated carbocycles. The van der Waals surface area contributed by atoms with E-state index in [-0.39, 0.29) is 11.7 Å². The van der Waals surface area contributed by atoms with Crippen LogP contribution in [0.15, 0.2) is 23.0 Å². The van der Waals surface area contributed by atoms with Crippen LogP contribution in [0.5, 0.6) is 0 Å². The molecule has 114 valence electrons. The predicted molar refractivity (Wildman–Crippen MR) is 90.0 cm³/mol. The summed E-state index contributed by atoms with van der Waals surface area (Å²) in [6.45, 7) is 6.88. The van der Waals surface area contributed by atoms with Crippen LogP contribution in [0.4, 0.5) is 0 Å². The van der Waals surface area contributed by atoms with Gasteiger partial charge in [0.1, 0.15) is 0 Å². The molecule has 0 spiro atoms. The predicted octanol–water partition coefficient (Wildman–Crippen LogP) is 3.04. The van der Waals surface area contributed by atoms with Crippen LogP contribution in [0.1, 0.15) is 38.8 Å². The Balaban J connectivity index is 1.74. The number of benzene rings is 1. The molecule has 1 aliphatic rings. The van der Waals surface area contributed by atoms with E-state index in [4.69, 9.17) is 0 Å². The lowest BCUT2D eigenvalue weighted by atomic mass is 9.87. The molecule has 2 heterocycles. The number of hydrogen-bond donors (Lipinski definition) is 3. The molecule has 4 nitrogen and oxygen atoms in total. The number of aromatic nitrogens is 2. The van der Waals surface area contributed by atoms with Crippen LogP contribution in [0.2, 0.25) is 0 Å². The van der Waals surface area contributed by atoms with Crippen molar-refractivity contribution in [3.8, 4) is 0 Å². The number of nitrogens with one attached hydrogen (secondary N) is 3. The van der Waals surface area contributed by atoms with Gasteiger partial charge in [-0.3, -0.25) is 0 Å². The van der Waals surface area contributed by atoms with Gasteiger partial charge in [-0.1, -0.05) is 19.9 Å². The highest BCUT2D eigenvalue weighted by atomic mass is 32.2. The van der Waals surface area contributed by atoms with Crippen molar-refractivity contribution in [2.45, 2.75) is 39.3 Å². The quantitative estimate of drug-likeness (QED) is 0.817. The van der Waals surface area contributed by atoms with Crippen molar-refractivity contribution in [3.05, 3.63) is 34.2 Å². The molecule has 5 heteroatoms. The fourth-order valence-corrected chi connectivity index (χ4v) is 4.43. The van der Waals surface area contributed by atoms with Crippen LogP contribution >= 0.6 is 11.8 Å². The van der Waals surface area contributed by atoms with E-state index in [1.165, 1.54) is 23.5 Å². The maximum Gasteiger partial charge on any atom is 0.323 e. The zero-order chi connectivity index (χ0) is 15.0. The SMILES string of the molecule is CC(NC1CSCC(C)(C)C1)c1ccc2[nH]c(=O)[nH]c2c1. The summed E-state index contributed by atoms with van der Waals surface area (Å²) >= 11 is 2.04. The Kier molecular flexibility index (Phi) is 3.88. The summed E-state index contributed by atoms with van der Waals surface area (Å²) < 4.78 is 0. The molecule has 1 aromatic carbocycles. The zero-order valence-electron chi connectivity index (χ0n) is 12.8. The van der Waals surface area contributed by atoms with Crippen LogP contribution in [0.25, 0.3) is 11.0 Å². The number of aromatic amines is 2. The summed E-state index contributed by atoms with van der Waals surface area (Å²) in [5, 5.41) is 3.74. The number of hydrogen-bond acceptors (Lipinski definition) is 3. The van der Waals surface area contributed by atoms with E-state index in [0.717, 1.165) is 11.0 Å². The Morgan fingerprint density at radius 2 is 2.10 bits per heavy atom. The first-order valence-corrected chi connectivity index (χ1v) is 8.64. The van der Waals surface area contributed by atoms with Gasteiger partial charge in [-0.2, -0.15) is 11.8 Å². The second kappa shape index (κ2) is 5.54. The lowest BCUT2D eigenvalue weighted by Crippen LogP contribution is -2.41. The average molecular weight is 305 g/mol. The number of thioether (sulfide) groups is 1. The van der Waals surface area contributed by atoms with Gasteiger partial charge in [0.25, 0.3) is 0 Å². The van der Waals surface area contributed by atoms with Crippen molar-refractivity contribution in [3.63, 3.8) is 0 Å². The highest BCUT2D eigenvalue weighted by Crippen LogP contribution is 2.34. The Labute approximate surface area is 129 Å². The van der Waals surface area contributed by atoms with Gasteiger partial charge >= 0.3 is 5.69 Å². The van der Waals surface area contributed by atoms with Crippen molar-refractivity contribution >= 4 is 22.8 Å². The molecule has 0 aliphatic carbocycles. The first-order chi connectivity index (χ1) is 9.93. The molecule has 1 fully saturated rings. The Morgan fingerprint density at radius 3 is 2.86 bits per heavy atom. The monoisotopic (exact) mass is 305 g/mol. The molecule has 3 rings (SSSR count). The van der Waals surface area contributed by atoms with Gasteiger partial charge in [-0.25, -0.2) is 4.79 Å². The topological polar surface area (TPSA) is 60.7 Å². The second-order valence-electron chi connectivity index (χ2n) is 6.85. The minimum absolute atomic E-state index is 0.145. The minimum atomic E-state index is -0.145. The molecule has 21 heavy (non-hydrogen) atoms. The van der Waals surface area contributed by atoms with E-state index in [9.17, 15) is 4.79 Å². The molecule has 3 N–H and O–H groups in total. The summed E-state index contributed by atoms with van der Waals surface area (Å²) in [5.41, 5.74) is 3.23. The van der Waals surface area contributed by atoms with E-state index in [1.54, 1.807) is 0 Å². The van der Waals surface area contributed by atoms with Gasteiger partial charge in [0, 0.05) is 17.8 Å². The summed E-state index contributed by atoms with van der Waals surface area (Å²) in [4.78, 5) is 16.9. The largest absolute Gasteiger partial charge is 0.323 e. The third-order valence-electron chi connectivity index (χ3n) is 4.14. The maximum absolute atomic E-state index is 11.3. The number of imidazole rings is 1. The first-order valence-electron chi connectivity index (χ1n) is 7.49. The average Bonchev–Trinajstić information content (AvgIpc) is 2.76. The van der Waals surface area contributed by atoms with Crippen LogP contribution in [0, 0.1) is 5.41 Å². The lowest BCUT2D eigenvalue weighted by molar-refractivity contribution is 0.305. The third-order valence-corrected chi connectivity index (χ3v) is 5.76. The van der Waals surface area contributed by atoms with Crippen LogP contribution in [-0.4, -0.2) is 27.5 Å². The summed E-state index contributed by atoms with van der Waals surface area (Å²) in [6, 6.07) is 6.96. The standard InChI is InChI=1S/C16H23N3OS/c1-10(17-12-7-16(2,3)9-21-8-12)11-4-5-13-14(6-11)19-15(20)18-13/h4-6,10,12,17H,7-9H2,1-3H3,(H2,18,19,20). The van der Waals surface area contributed by atoms with Crippen molar-refractivity contribution in [2.75, 3.05) is 11.5 Å². The van der Waals surface area contributed by atoms with Gasteiger partial charge < -0.3 is 15.3 Å². The molecule has 2 aromatic rings. The van der Waals surface area contributed by atoms with Gasteiger partial charge in [-0.15, -0.1) is 0 Å². The molecule has 1 aromatic heterocycles. The zero-order valence-corrected chi connectivity index (χ0v) is 13.6. The van der Waals surface area contributed by atoms with E-state index in [0.29, 0.717) is 11.5 Å². The summed E-state index contributed by atoms with van der Waals surface area (Å²) in [5.74, 6) is 2.42. The molecular weight excluding hydrogens is 282 g/mol. The first kappa shape index (κ1) is 14.7. The summed E-state index contributed by atoms with van der Waals surface area (Å²) in [7, 11) is 0. The van der Waals surface area contributed by atoms with Gasteiger partial charge in [-0.05, 0) is 42.2 Å². The van der Waals surface area contributed by atoms with Gasteiger partial charge in [0.15, 0.2) is 0 Å². The van der Waals surface area contributed by atoms with Crippen LogP contribution < -0.4 is 11.0 Å². The van der Waals surface area contributed by atoms with Crippen molar-refractivity contribution in [1.29, 1.82) is 0 Å². The molecule has 2 unspecified atom stereocenters. The van der Waals surface area contributed by atoms with Crippen LogP contribution in [0.3, 0.4) is 0 Å². The molecule has 1 saturated heterocycles. The van der Waals surface area contributed by atoms with Gasteiger partial charge in [0.05, 0.1) is 11.0 Å². The number of fused-ring (bicyclic) bond motifs is 1. The van der Waals surface area contributed by atoms with Crippen LogP contribution in [-0.2, 0) is 0 Å². The molecule has 2 atom stereocenters. The molecule has 1 aliphatic heterocycles.